The van der Waals surface area contributed by atoms with Gasteiger partial charge in [0.15, 0.2) is 0 Å². The molecular weight excluding hydrogens is 209 g/mol. The second kappa shape index (κ2) is 4.40. The van der Waals surface area contributed by atoms with Gasteiger partial charge in [0.1, 0.15) is 13.7 Å². The Morgan fingerprint density at radius 2 is 2.07 bits per heavy atom. The van der Waals surface area contributed by atoms with Crippen LogP contribution in [0.25, 0.3) is 5.57 Å². The van der Waals surface area contributed by atoms with Crippen LogP contribution in [0.4, 0.5) is 4.39 Å². The number of allylic oxidation sites excluding steroid dienone is 2. The number of benzene rings is 1. The maximum atomic E-state index is 13.3. The standard InChI is InChI=1S/C12H13BClF/c13-10-4-9(5-11(15)6-10)12-3-1-2-8(12)7-14/h4-6H,1-3,7,13H2. The largest absolute Gasteiger partial charge is 0.207 e. The lowest BCUT2D eigenvalue weighted by Crippen LogP contribution is -2.04. The van der Waals surface area contributed by atoms with Gasteiger partial charge in [-0.25, -0.2) is 4.39 Å². The van der Waals surface area contributed by atoms with Gasteiger partial charge in [0, 0.05) is 5.88 Å². The quantitative estimate of drug-likeness (QED) is 0.532. The Kier molecular flexibility index (Phi) is 3.15. The van der Waals surface area contributed by atoms with Gasteiger partial charge in [-0.2, -0.15) is 0 Å². The summed E-state index contributed by atoms with van der Waals surface area (Å²) in [5.41, 5.74) is 4.52. The highest BCUT2D eigenvalue weighted by molar-refractivity contribution is 6.32. The molecule has 15 heavy (non-hydrogen) atoms. The van der Waals surface area contributed by atoms with Crippen LogP contribution in [0.3, 0.4) is 0 Å². The van der Waals surface area contributed by atoms with Crippen LogP contribution in [0.15, 0.2) is 23.8 Å². The van der Waals surface area contributed by atoms with Gasteiger partial charge in [0.2, 0.25) is 0 Å². The highest BCUT2D eigenvalue weighted by atomic mass is 35.5. The molecule has 0 amide bonds. The topological polar surface area (TPSA) is 0 Å². The van der Waals surface area contributed by atoms with E-state index in [0.717, 1.165) is 30.3 Å². The summed E-state index contributed by atoms with van der Waals surface area (Å²) in [6, 6.07) is 5.20. The molecule has 0 atom stereocenters. The number of hydrogen-bond acceptors (Lipinski definition) is 0. The molecule has 2 rings (SSSR count). The smallest absolute Gasteiger partial charge is 0.139 e. The molecule has 0 heterocycles. The molecule has 0 nitrogen and oxygen atoms in total. The van der Waals surface area contributed by atoms with E-state index < -0.39 is 0 Å². The maximum absolute atomic E-state index is 13.3. The highest BCUT2D eigenvalue weighted by Crippen LogP contribution is 2.34. The summed E-state index contributed by atoms with van der Waals surface area (Å²) in [7, 11) is 1.92. The van der Waals surface area contributed by atoms with E-state index in [-0.39, 0.29) is 5.82 Å². The van der Waals surface area contributed by atoms with Crippen LogP contribution in [0.2, 0.25) is 0 Å². The molecule has 0 bridgehead atoms. The lowest BCUT2D eigenvalue weighted by atomic mass is 9.91. The van der Waals surface area contributed by atoms with E-state index in [2.05, 4.69) is 0 Å². The first-order valence-corrected chi connectivity index (χ1v) is 5.78. The molecule has 0 aliphatic heterocycles. The molecule has 1 aliphatic rings. The van der Waals surface area contributed by atoms with Crippen molar-refractivity contribution in [3.63, 3.8) is 0 Å². The predicted octanol–water partition coefficient (Wildman–Crippen LogP) is 2.26. The van der Waals surface area contributed by atoms with Crippen molar-refractivity contribution in [2.75, 3.05) is 5.88 Å². The monoisotopic (exact) mass is 222 g/mol. The molecule has 0 radical (unpaired) electrons. The van der Waals surface area contributed by atoms with Crippen molar-refractivity contribution in [3.05, 3.63) is 35.2 Å². The molecule has 0 N–H and O–H groups in total. The first kappa shape index (κ1) is 10.8. The molecule has 0 spiro atoms. The molecule has 0 saturated heterocycles. The van der Waals surface area contributed by atoms with E-state index in [1.807, 2.05) is 13.9 Å². The molecule has 0 fully saturated rings. The summed E-state index contributed by atoms with van der Waals surface area (Å²) in [4.78, 5) is 0. The summed E-state index contributed by atoms with van der Waals surface area (Å²) in [5.74, 6) is 0.420. The van der Waals surface area contributed by atoms with Crippen molar-refractivity contribution >= 4 is 30.5 Å². The zero-order valence-corrected chi connectivity index (χ0v) is 9.57. The minimum atomic E-state index is -0.154. The van der Waals surface area contributed by atoms with Crippen LogP contribution in [0, 0.1) is 5.82 Å². The summed E-state index contributed by atoms with van der Waals surface area (Å²) in [6.07, 6.45) is 3.24. The normalized spacial score (nSPS) is 16.1. The fourth-order valence-electron chi connectivity index (χ4n) is 2.21. The van der Waals surface area contributed by atoms with Gasteiger partial charge in [0.25, 0.3) is 0 Å². The number of alkyl halides is 1. The number of halogens is 2. The minimum absolute atomic E-state index is 0.154. The number of rotatable bonds is 2. The second-order valence-corrected chi connectivity index (χ2v) is 4.35. The molecule has 0 aromatic heterocycles. The van der Waals surface area contributed by atoms with Gasteiger partial charge >= 0.3 is 0 Å². The molecule has 1 aromatic carbocycles. The van der Waals surface area contributed by atoms with Crippen LogP contribution in [-0.2, 0) is 0 Å². The van der Waals surface area contributed by atoms with Crippen molar-refractivity contribution in [3.8, 4) is 0 Å². The van der Waals surface area contributed by atoms with Crippen molar-refractivity contribution in [1.82, 2.24) is 0 Å². The third-order valence-electron chi connectivity index (χ3n) is 2.88. The Hall–Kier alpha value is -0.755. The van der Waals surface area contributed by atoms with Crippen molar-refractivity contribution in [2.45, 2.75) is 19.3 Å². The molecule has 0 saturated carbocycles. The fourth-order valence-corrected chi connectivity index (χ4v) is 2.51. The predicted molar refractivity (Wildman–Crippen MR) is 66.1 cm³/mol. The van der Waals surface area contributed by atoms with E-state index >= 15 is 0 Å². The second-order valence-electron chi connectivity index (χ2n) is 4.09. The van der Waals surface area contributed by atoms with Crippen LogP contribution >= 0.6 is 11.6 Å². The first-order valence-electron chi connectivity index (χ1n) is 5.25. The lowest BCUT2D eigenvalue weighted by molar-refractivity contribution is 0.628. The van der Waals surface area contributed by atoms with Gasteiger partial charge in [-0.05, 0) is 42.5 Å². The Morgan fingerprint density at radius 1 is 1.27 bits per heavy atom. The average molecular weight is 222 g/mol. The van der Waals surface area contributed by atoms with Gasteiger partial charge in [-0.1, -0.05) is 17.1 Å². The molecule has 1 aliphatic carbocycles. The average Bonchev–Trinajstić information content (AvgIpc) is 2.63. The van der Waals surface area contributed by atoms with Crippen LogP contribution in [0.1, 0.15) is 24.8 Å². The van der Waals surface area contributed by atoms with Crippen molar-refractivity contribution in [1.29, 1.82) is 0 Å². The van der Waals surface area contributed by atoms with E-state index in [4.69, 9.17) is 11.6 Å². The van der Waals surface area contributed by atoms with Crippen molar-refractivity contribution in [2.24, 2.45) is 0 Å². The SMILES string of the molecule is Bc1cc(F)cc(C2=C(CCl)CCC2)c1. The molecule has 78 valence electrons. The van der Waals surface area contributed by atoms with Crippen LogP contribution in [0.5, 0.6) is 0 Å². The third-order valence-corrected chi connectivity index (χ3v) is 3.21. The zero-order valence-electron chi connectivity index (χ0n) is 8.82. The van der Waals surface area contributed by atoms with E-state index in [0.29, 0.717) is 5.88 Å². The third kappa shape index (κ3) is 2.26. The van der Waals surface area contributed by atoms with E-state index in [1.54, 1.807) is 12.1 Å². The summed E-state index contributed by atoms with van der Waals surface area (Å²) in [6.45, 7) is 0. The summed E-state index contributed by atoms with van der Waals surface area (Å²) < 4.78 is 13.3. The Morgan fingerprint density at radius 3 is 2.73 bits per heavy atom. The molecule has 3 heteroatoms. The van der Waals surface area contributed by atoms with Gasteiger partial charge in [-0.3, -0.25) is 0 Å². The van der Waals surface area contributed by atoms with Gasteiger partial charge < -0.3 is 0 Å². The highest BCUT2D eigenvalue weighted by Gasteiger charge is 2.15. The summed E-state index contributed by atoms with van der Waals surface area (Å²) in [5, 5.41) is 0. The minimum Gasteiger partial charge on any atom is -0.207 e. The Bertz CT molecular complexity index is 392. The fraction of sp³-hybridized carbons (Fsp3) is 0.333. The number of hydrogen-bond donors (Lipinski definition) is 0. The Balaban J connectivity index is 2.44. The zero-order chi connectivity index (χ0) is 10.8. The molecule has 0 unspecified atom stereocenters. The van der Waals surface area contributed by atoms with E-state index in [9.17, 15) is 4.39 Å². The molecule has 1 aromatic rings. The first-order chi connectivity index (χ1) is 7.20. The summed E-state index contributed by atoms with van der Waals surface area (Å²) >= 11 is 5.88. The molecular formula is C12H13BClF. The Labute approximate surface area is 95.5 Å². The van der Waals surface area contributed by atoms with E-state index in [1.165, 1.54) is 11.1 Å². The van der Waals surface area contributed by atoms with Gasteiger partial charge in [-0.15, -0.1) is 11.6 Å². The van der Waals surface area contributed by atoms with Crippen LogP contribution < -0.4 is 5.46 Å². The van der Waals surface area contributed by atoms with Crippen LogP contribution in [-0.4, -0.2) is 13.7 Å². The van der Waals surface area contributed by atoms with Crippen molar-refractivity contribution < 1.29 is 4.39 Å². The maximum Gasteiger partial charge on any atom is 0.139 e. The lowest BCUT2D eigenvalue weighted by Gasteiger charge is -2.07. The van der Waals surface area contributed by atoms with Gasteiger partial charge in [0.05, 0.1) is 0 Å².